The fourth-order valence-electron chi connectivity index (χ4n) is 4.56. The van der Waals surface area contributed by atoms with Crippen molar-refractivity contribution < 1.29 is 4.79 Å². The molecule has 1 amide bonds. The molecule has 3 heterocycles. The van der Waals surface area contributed by atoms with E-state index in [9.17, 15) is 4.79 Å². The minimum absolute atomic E-state index is 0. The smallest absolute Gasteiger partial charge is 0.276 e. The number of likely N-dealkylation sites (tertiary alicyclic amines) is 1. The number of aromatic nitrogens is 3. The van der Waals surface area contributed by atoms with E-state index in [1.54, 1.807) is 0 Å². The van der Waals surface area contributed by atoms with Gasteiger partial charge in [0.05, 0.1) is 12.2 Å². The Morgan fingerprint density at radius 1 is 1.18 bits per heavy atom. The minimum Gasteiger partial charge on any atom is -0.337 e. The molecule has 0 radical (unpaired) electrons. The van der Waals surface area contributed by atoms with Gasteiger partial charge in [-0.3, -0.25) is 4.79 Å². The van der Waals surface area contributed by atoms with Crippen LogP contribution >= 0.6 is 12.4 Å². The van der Waals surface area contributed by atoms with Crippen LogP contribution in [0.5, 0.6) is 0 Å². The van der Waals surface area contributed by atoms with E-state index >= 15 is 0 Å². The van der Waals surface area contributed by atoms with Crippen molar-refractivity contribution in [2.45, 2.75) is 44.6 Å². The number of nitrogens with zero attached hydrogens (tertiary/aromatic N) is 4. The molecule has 0 bridgehead atoms. The normalized spacial score (nSPS) is 23.2. The zero-order valence-corrected chi connectivity index (χ0v) is 17.3. The molecule has 1 aromatic heterocycles. The molecule has 2 unspecified atom stereocenters. The number of halogens is 1. The first-order valence-electron chi connectivity index (χ1n) is 10.2. The standard InChI is InChI=1S/C21H29N5O.ClH/c1-2-16-14-25(13-10-19(16)17-6-4-3-5-7-17)21(27)20-15-26(24-23-20)18-8-11-22-12-9-18;/h3-7,15-16,18-19,22H,2,8-14H2,1H3;1H. The molecule has 1 N–H and O–H groups in total. The van der Waals surface area contributed by atoms with Crippen molar-refractivity contribution in [3.05, 3.63) is 47.8 Å². The number of hydrogen-bond acceptors (Lipinski definition) is 4. The molecule has 152 valence electrons. The van der Waals surface area contributed by atoms with Gasteiger partial charge < -0.3 is 10.2 Å². The number of amides is 1. The Labute approximate surface area is 173 Å². The summed E-state index contributed by atoms with van der Waals surface area (Å²) >= 11 is 0. The van der Waals surface area contributed by atoms with Gasteiger partial charge in [-0.2, -0.15) is 0 Å². The van der Waals surface area contributed by atoms with Crippen molar-refractivity contribution >= 4 is 18.3 Å². The quantitative estimate of drug-likeness (QED) is 0.850. The van der Waals surface area contributed by atoms with Crippen LogP contribution in [0.2, 0.25) is 0 Å². The minimum atomic E-state index is 0. The summed E-state index contributed by atoms with van der Waals surface area (Å²) in [6.45, 7) is 5.81. The van der Waals surface area contributed by atoms with Crippen molar-refractivity contribution in [1.82, 2.24) is 25.2 Å². The van der Waals surface area contributed by atoms with Gasteiger partial charge in [0, 0.05) is 13.1 Å². The van der Waals surface area contributed by atoms with Gasteiger partial charge in [-0.15, -0.1) is 17.5 Å². The number of nitrogens with one attached hydrogen (secondary N) is 1. The molecule has 28 heavy (non-hydrogen) atoms. The summed E-state index contributed by atoms with van der Waals surface area (Å²) in [6.07, 6.45) is 6.01. The van der Waals surface area contributed by atoms with Crippen LogP contribution in [-0.2, 0) is 0 Å². The number of benzene rings is 1. The zero-order chi connectivity index (χ0) is 18.6. The molecule has 2 atom stereocenters. The second-order valence-corrected chi connectivity index (χ2v) is 7.79. The third-order valence-corrected chi connectivity index (χ3v) is 6.19. The second kappa shape index (κ2) is 9.52. The highest BCUT2D eigenvalue weighted by Crippen LogP contribution is 2.35. The van der Waals surface area contributed by atoms with Crippen molar-refractivity contribution in [3.63, 3.8) is 0 Å². The van der Waals surface area contributed by atoms with Gasteiger partial charge in [-0.25, -0.2) is 4.68 Å². The second-order valence-electron chi connectivity index (χ2n) is 7.79. The molecule has 6 nitrogen and oxygen atoms in total. The van der Waals surface area contributed by atoms with Gasteiger partial charge in [0.15, 0.2) is 5.69 Å². The summed E-state index contributed by atoms with van der Waals surface area (Å²) in [5.74, 6) is 1.05. The summed E-state index contributed by atoms with van der Waals surface area (Å²) in [7, 11) is 0. The average Bonchev–Trinajstić information content (AvgIpc) is 3.24. The van der Waals surface area contributed by atoms with Gasteiger partial charge >= 0.3 is 0 Å². The lowest BCUT2D eigenvalue weighted by Crippen LogP contribution is -2.43. The molecule has 0 aliphatic carbocycles. The fraction of sp³-hybridized carbons (Fsp3) is 0.571. The highest BCUT2D eigenvalue weighted by atomic mass is 35.5. The SMILES string of the molecule is CCC1CN(C(=O)c2cn(C3CCNCC3)nn2)CCC1c1ccccc1.Cl. The van der Waals surface area contributed by atoms with Crippen LogP contribution < -0.4 is 5.32 Å². The summed E-state index contributed by atoms with van der Waals surface area (Å²) in [4.78, 5) is 15.0. The van der Waals surface area contributed by atoms with Gasteiger partial charge in [0.25, 0.3) is 5.91 Å². The van der Waals surface area contributed by atoms with Crippen molar-refractivity contribution in [2.24, 2.45) is 5.92 Å². The highest BCUT2D eigenvalue weighted by molar-refractivity contribution is 5.92. The molecule has 0 spiro atoms. The zero-order valence-electron chi connectivity index (χ0n) is 16.5. The topological polar surface area (TPSA) is 63.1 Å². The van der Waals surface area contributed by atoms with E-state index in [1.807, 2.05) is 15.8 Å². The third-order valence-electron chi connectivity index (χ3n) is 6.19. The molecule has 2 saturated heterocycles. The lowest BCUT2D eigenvalue weighted by atomic mass is 9.79. The number of carbonyl (C=O) groups excluding carboxylic acids is 1. The van der Waals surface area contributed by atoms with Gasteiger partial charge in [-0.1, -0.05) is 48.9 Å². The van der Waals surface area contributed by atoms with Gasteiger partial charge in [0.1, 0.15) is 0 Å². The Hall–Kier alpha value is -1.92. The maximum Gasteiger partial charge on any atom is 0.276 e. The van der Waals surface area contributed by atoms with Crippen LogP contribution in [0.25, 0.3) is 0 Å². The van der Waals surface area contributed by atoms with E-state index in [1.165, 1.54) is 5.56 Å². The molecular weight excluding hydrogens is 374 g/mol. The van der Waals surface area contributed by atoms with Crippen molar-refractivity contribution in [1.29, 1.82) is 0 Å². The van der Waals surface area contributed by atoms with E-state index in [4.69, 9.17) is 0 Å². The third kappa shape index (κ3) is 4.39. The number of piperidine rings is 2. The Morgan fingerprint density at radius 3 is 2.64 bits per heavy atom. The van der Waals surface area contributed by atoms with Crippen LogP contribution in [-0.4, -0.2) is 52.0 Å². The average molecular weight is 404 g/mol. The summed E-state index contributed by atoms with van der Waals surface area (Å²) in [6, 6.07) is 11.1. The summed E-state index contributed by atoms with van der Waals surface area (Å²) in [5.41, 5.74) is 1.88. The first kappa shape index (κ1) is 20.8. The van der Waals surface area contributed by atoms with Crippen LogP contribution in [0, 0.1) is 5.92 Å². The molecule has 4 rings (SSSR count). The highest BCUT2D eigenvalue weighted by Gasteiger charge is 2.32. The van der Waals surface area contributed by atoms with Crippen LogP contribution in [0.15, 0.2) is 36.5 Å². The fourth-order valence-corrected chi connectivity index (χ4v) is 4.56. The van der Waals surface area contributed by atoms with Gasteiger partial charge in [-0.05, 0) is 49.8 Å². The molecule has 0 saturated carbocycles. The van der Waals surface area contributed by atoms with E-state index in [0.29, 0.717) is 23.6 Å². The van der Waals surface area contributed by atoms with E-state index in [2.05, 4.69) is 52.9 Å². The molecule has 7 heteroatoms. The monoisotopic (exact) mass is 403 g/mol. The Morgan fingerprint density at radius 2 is 1.93 bits per heavy atom. The molecule has 2 fully saturated rings. The molecule has 2 aliphatic heterocycles. The molecule has 2 aliphatic rings. The first-order chi connectivity index (χ1) is 13.3. The van der Waals surface area contributed by atoms with Crippen molar-refractivity contribution in [2.75, 3.05) is 26.2 Å². The van der Waals surface area contributed by atoms with Gasteiger partial charge in [0.2, 0.25) is 0 Å². The Bertz CT molecular complexity index is 759. The predicted molar refractivity (Wildman–Crippen MR) is 112 cm³/mol. The summed E-state index contributed by atoms with van der Waals surface area (Å²) in [5, 5.41) is 11.8. The molecular formula is C21H30ClN5O. The Balaban J connectivity index is 0.00000225. The lowest BCUT2D eigenvalue weighted by Gasteiger charge is -2.38. The number of rotatable bonds is 4. The number of hydrogen-bond donors (Lipinski definition) is 1. The maximum absolute atomic E-state index is 13.0. The van der Waals surface area contributed by atoms with Crippen LogP contribution in [0.4, 0.5) is 0 Å². The van der Waals surface area contributed by atoms with E-state index in [-0.39, 0.29) is 18.3 Å². The maximum atomic E-state index is 13.0. The molecule has 2 aromatic rings. The van der Waals surface area contributed by atoms with Crippen molar-refractivity contribution in [3.8, 4) is 0 Å². The van der Waals surface area contributed by atoms with E-state index < -0.39 is 0 Å². The van der Waals surface area contributed by atoms with Crippen LogP contribution in [0.1, 0.15) is 60.6 Å². The van der Waals surface area contributed by atoms with E-state index in [0.717, 1.165) is 51.9 Å². The summed E-state index contributed by atoms with van der Waals surface area (Å²) < 4.78 is 1.89. The lowest BCUT2D eigenvalue weighted by molar-refractivity contribution is 0.0639. The molecule has 1 aromatic carbocycles. The first-order valence-corrected chi connectivity index (χ1v) is 10.2. The van der Waals surface area contributed by atoms with Crippen LogP contribution in [0.3, 0.4) is 0 Å². The largest absolute Gasteiger partial charge is 0.337 e. The predicted octanol–water partition coefficient (Wildman–Crippen LogP) is 3.28. The number of carbonyl (C=O) groups is 1. The Kier molecular flexibility index (Phi) is 7.08.